The molecule has 4 unspecified atom stereocenters. The molecular weight excluding hydrogens is 666 g/mol. The summed E-state index contributed by atoms with van der Waals surface area (Å²) in [4.78, 5) is 21.1. The van der Waals surface area contributed by atoms with Crippen molar-refractivity contribution in [3.8, 4) is 0 Å². The molecule has 8 heteroatoms. The first-order valence-electron chi connectivity index (χ1n) is 11.8. The average Bonchev–Trinajstić information content (AvgIpc) is 3.52. The number of pyridine rings is 1. The van der Waals surface area contributed by atoms with E-state index in [-0.39, 0.29) is 60.7 Å². The smallest absolute Gasteiger partial charge is 0.498 e. The zero-order valence-corrected chi connectivity index (χ0v) is 25.0. The molecule has 4 atom stereocenters. The second-order valence-corrected chi connectivity index (χ2v) is 9.46. The summed E-state index contributed by atoms with van der Waals surface area (Å²) >= 11 is 0. The number of aliphatic hydroxyl groups is 1. The Hall–Kier alpha value is -2.01. The van der Waals surface area contributed by atoms with Gasteiger partial charge in [0.1, 0.15) is 0 Å². The summed E-state index contributed by atoms with van der Waals surface area (Å²) in [5, 5.41) is 13.8. The number of likely N-dealkylation sites (N-methyl/N-ethyl adjacent to an activating group) is 1. The Balaban J connectivity index is 0.00000342. The van der Waals surface area contributed by atoms with Gasteiger partial charge in [0.15, 0.2) is 6.23 Å². The molecule has 1 aromatic rings. The van der Waals surface area contributed by atoms with Crippen molar-refractivity contribution in [2.45, 2.75) is 39.3 Å². The van der Waals surface area contributed by atoms with Gasteiger partial charge in [0.2, 0.25) is 5.91 Å². The number of anilines is 1. The Kier molecular flexibility index (Phi) is 8.96. The number of allylic oxidation sites excluding steroid dienone is 3. The van der Waals surface area contributed by atoms with Gasteiger partial charge in [0.05, 0.1) is 35.9 Å². The third-order valence-electron chi connectivity index (χ3n) is 6.80. The van der Waals surface area contributed by atoms with Crippen LogP contribution in [-0.4, -0.2) is 52.2 Å². The van der Waals surface area contributed by atoms with Gasteiger partial charge in [0.25, 0.3) is 0 Å². The normalized spacial score (nSPS) is 25.1. The van der Waals surface area contributed by atoms with Gasteiger partial charge in [-0.15, -0.1) is 6.54 Å². The molecule has 2 N–H and O–H groups in total. The minimum Gasteiger partial charge on any atom is -0.498 e. The fourth-order valence-electron chi connectivity index (χ4n) is 4.72. The van der Waals surface area contributed by atoms with Gasteiger partial charge in [-0.3, -0.25) is 9.78 Å². The van der Waals surface area contributed by atoms with Crippen LogP contribution in [0.4, 0.5) is 5.69 Å². The minimum atomic E-state index is -0.796. The molecule has 7 nitrogen and oxygen atoms in total. The van der Waals surface area contributed by atoms with Crippen LogP contribution in [0, 0.1) is 69.3 Å². The van der Waals surface area contributed by atoms with Crippen LogP contribution in [0.1, 0.15) is 37.4 Å². The molecule has 2 aliphatic heterocycles. The number of hydrogen-bond acceptors (Lipinski definition) is 6. The van der Waals surface area contributed by atoms with Gasteiger partial charge < -0.3 is 38.5 Å². The zero-order valence-electron chi connectivity index (χ0n) is 20.9. The molecule has 35 heavy (non-hydrogen) atoms. The van der Waals surface area contributed by atoms with Gasteiger partial charge >= 0.3 is 31.1 Å². The molecule has 0 aromatic carbocycles. The van der Waals surface area contributed by atoms with E-state index in [1.54, 1.807) is 16.0 Å². The molecule has 184 valence electrons. The maximum absolute atomic E-state index is 13.0. The third kappa shape index (κ3) is 5.71. The summed E-state index contributed by atoms with van der Waals surface area (Å²) in [5.74, 6) is 1.13. The van der Waals surface area contributed by atoms with E-state index in [4.69, 9.17) is 11.3 Å². The summed E-state index contributed by atoms with van der Waals surface area (Å²) in [7, 11) is 1.84. The zero-order chi connectivity index (χ0) is 24.6. The van der Waals surface area contributed by atoms with Crippen LogP contribution in [0.25, 0.3) is 0 Å². The Bertz CT molecular complexity index is 1060. The minimum absolute atomic E-state index is 0. The van der Waals surface area contributed by atoms with E-state index < -0.39 is 6.23 Å². The number of amides is 1. The van der Waals surface area contributed by atoms with Crippen molar-refractivity contribution in [1.29, 1.82) is 0 Å². The fraction of sp³-hybridized carbons (Fsp3) is 0.444. The van der Waals surface area contributed by atoms with Crippen LogP contribution in [-0.2, 0) is 9.53 Å². The predicted molar refractivity (Wildman–Crippen MR) is 132 cm³/mol. The van der Waals surface area contributed by atoms with Crippen molar-refractivity contribution in [3.05, 3.63) is 78.6 Å². The van der Waals surface area contributed by atoms with Gasteiger partial charge in [-0.25, -0.2) is 0 Å². The van der Waals surface area contributed by atoms with Crippen LogP contribution in [0.2, 0.25) is 0 Å². The number of carbonyl (C=O) groups excluding carboxylic acids is 1. The van der Waals surface area contributed by atoms with Gasteiger partial charge in [0, 0.05) is 36.7 Å². The number of nitrogens with one attached hydrogen (secondary N) is 1. The maximum atomic E-state index is 13.0. The molecule has 0 radical (unpaired) electrons. The topological polar surface area (TPSA) is 77.9 Å². The summed E-state index contributed by atoms with van der Waals surface area (Å²) in [5.41, 5.74) is 4.58. The number of aryl methyl sites for hydroxylation is 1. The first kappa shape index (κ1) is 27.6. The van der Waals surface area contributed by atoms with Gasteiger partial charge in [-0.05, 0) is 36.6 Å². The number of ether oxygens (including phenoxy) is 1. The molecule has 1 amide bonds. The number of fused-ring (bicyclic) bond motifs is 1. The Morgan fingerprint density at radius 2 is 2.20 bits per heavy atom. The van der Waals surface area contributed by atoms with E-state index in [0.29, 0.717) is 31.0 Å². The number of rotatable bonds is 7. The number of aromatic nitrogens is 1. The first-order chi connectivity index (χ1) is 16.2. The third-order valence-corrected chi connectivity index (χ3v) is 6.80. The summed E-state index contributed by atoms with van der Waals surface area (Å²) < 4.78 is 5.68. The van der Waals surface area contributed by atoms with Gasteiger partial charge in [-0.2, -0.15) is 6.20 Å². The van der Waals surface area contributed by atoms with E-state index in [9.17, 15) is 9.90 Å². The van der Waals surface area contributed by atoms with Crippen molar-refractivity contribution >= 4 is 11.6 Å². The van der Waals surface area contributed by atoms with Crippen molar-refractivity contribution in [2.24, 2.45) is 17.8 Å². The number of hydrogen-bond donors (Lipinski definition) is 2. The van der Waals surface area contributed by atoms with Crippen LogP contribution in [0.3, 0.4) is 0 Å². The molecule has 0 saturated heterocycles. The van der Waals surface area contributed by atoms with E-state index in [2.05, 4.69) is 37.1 Å². The van der Waals surface area contributed by atoms with Crippen LogP contribution >= 0.6 is 0 Å². The van der Waals surface area contributed by atoms with Gasteiger partial charge in [-0.1, -0.05) is 19.9 Å². The molecule has 1 aliphatic carbocycles. The number of nitrogens with zero attached hydrogens (tertiary/aromatic N) is 3. The Morgan fingerprint density at radius 1 is 1.46 bits per heavy atom. The van der Waals surface area contributed by atoms with Crippen molar-refractivity contribution in [3.63, 3.8) is 0 Å². The number of aliphatic hydroxyl groups excluding tert-OH is 1. The Morgan fingerprint density at radius 3 is 2.86 bits per heavy atom. The predicted octanol–water partition coefficient (Wildman–Crippen LogP) is 3.73. The molecule has 1 fully saturated rings. The molecule has 3 heterocycles. The average molecular weight is 701 g/mol. The molecule has 4 rings (SSSR count). The molecule has 1 saturated carbocycles. The second kappa shape index (κ2) is 11.4. The largest absolute Gasteiger partial charge is 2.00 e. The molecule has 0 bridgehead atoms. The van der Waals surface area contributed by atoms with Crippen molar-refractivity contribution in [2.75, 3.05) is 25.5 Å². The van der Waals surface area contributed by atoms with Crippen molar-refractivity contribution < 1.29 is 45.8 Å². The Labute approximate surface area is 232 Å². The monoisotopic (exact) mass is 700 g/mol. The standard InChI is InChI=1S/C27H34N4O3.U/c1-7-31(8-2)23-13-21-22(15-30(6)27(23)33)25(21)20-12-19(14-28-17(20)5)29-26(32)18-9-10-34-24(11-18)16(3)4;/h1,7,11-16,18,21,25,27,33H,2,8-10H2,3-6H3,(H,29,32);/q-2;+2. The van der Waals surface area contributed by atoms with Crippen LogP contribution in [0.15, 0.2) is 53.8 Å². The molecule has 0 spiro atoms. The quantitative estimate of drug-likeness (QED) is 0.423. The van der Waals surface area contributed by atoms with E-state index in [0.717, 1.165) is 17.0 Å². The molecule has 3 aliphatic rings. The van der Waals surface area contributed by atoms with E-state index in [1.807, 2.05) is 32.3 Å². The van der Waals surface area contributed by atoms with E-state index in [1.165, 1.54) is 11.8 Å². The van der Waals surface area contributed by atoms with Crippen LogP contribution < -0.4 is 5.32 Å². The van der Waals surface area contributed by atoms with E-state index >= 15 is 0 Å². The maximum Gasteiger partial charge on any atom is 2.00 e. The molecular formula is C27H34N4O3U. The molecule has 1 aromatic heterocycles. The summed E-state index contributed by atoms with van der Waals surface area (Å²) in [6.07, 6.45) is 9.00. The second-order valence-electron chi connectivity index (χ2n) is 9.46. The van der Waals surface area contributed by atoms with Crippen molar-refractivity contribution in [1.82, 2.24) is 14.8 Å². The SMILES string of the molecule is [CH-]=CN(C[CH2-])C1=CC2C(=CN(C)C1O)C2c1cc(NC(=O)C2C=C(C(C)C)OCC2)cnc1C.[U+2]. The summed E-state index contributed by atoms with van der Waals surface area (Å²) in [6.45, 7) is 16.7. The first-order valence-corrected chi connectivity index (χ1v) is 11.8. The summed E-state index contributed by atoms with van der Waals surface area (Å²) in [6, 6.07) is 2.02. The number of carbonyl (C=O) groups is 1. The fourth-order valence-corrected chi connectivity index (χ4v) is 4.72. The van der Waals surface area contributed by atoms with Crippen LogP contribution in [0.5, 0.6) is 0 Å².